The molecule has 0 spiro atoms. The van der Waals surface area contributed by atoms with Gasteiger partial charge < -0.3 is 13.9 Å². The van der Waals surface area contributed by atoms with E-state index in [2.05, 4.69) is 4.99 Å². The molecular formula is C30H27N3O7S. The first-order valence-electron chi connectivity index (χ1n) is 13.0. The number of allylic oxidation sites excluding steroid dienone is 1. The molecule has 41 heavy (non-hydrogen) atoms. The zero-order valence-corrected chi connectivity index (χ0v) is 23.6. The van der Waals surface area contributed by atoms with Crippen molar-refractivity contribution in [1.29, 1.82) is 0 Å². The van der Waals surface area contributed by atoms with E-state index in [9.17, 15) is 19.7 Å². The summed E-state index contributed by atoms with van der Waals surface area (Å²) in [5.74, 6) is 0.616. The molecule has 4 aromatic rings. The Morgan fingerprint density at radius 1 is 1.17 bits per heavy atom. The Balaban J connectivity index is 1.67. The fraction of sp³-hybridized carbons (Fsp3) is 0.233. The zero-order valence-electron chi connectivity index (χ0n) is 22.8. The highest BCUT2D eigenvalue weighted by Crippen LogP contribution is 2.36. The van der Waals surface area contributed by atoms with Crippen molar-refractivity contribution in [2.24, 2.45) is 4.99 Å². The Hall–Kier alpha value is -4.77. The number of furan rings is 1. The van der Waals surface area contributed by atoms with Crippen molar-refractivity contribution < 1.29 is 23.6 Å². The van der Waals surface area contributed by atoms with Crippen LogP contribution in [0.2, 0.25) is 0 Å². The van der Waals surface area contributed by atoms with Crippen molar-refractivity contribution in [3.8, 4) is 17.1 Å². The van der Waals surface area contributed by atoms with Crippen LogP contribution in [0, 0.1) is 10.1 Å². The number of hydrogen-bond donors (Lipinski definition) is 0. The summed E-state index contributed by atoms with van der Waals surface area (Å²) in [7, 11) is 0. The van der Waals surface area contributed by atoms with Crippen molar-refractivity contribution in [2.75, 3.05) is 6.61 Å². The number of esters is 1. The van der Waals surface area contributed by atoms with Crippen LogP contribution in [0.25, 0.3) is 17.4 Å². The Bertz CT molecular complexity index is 1860. The maximum absolute atomic E-state index is 13.9. The highest BCUT2D eigenvalue weighted by atomic mass is 32.1. The molecule has 1 atom stereocenters. The maximum atomic E-state index is 13.9. The molecule has 0 bridgehead atoms. The summed E-state index contributed by atoms with van der Waals surface area (Å²) in [5.41, 5.74) is 1.19. The molecule has 1 aliphatic rings. The molecule has 0 radical (unpaired) electrons. The van der Waals surface area contributed by atoms with E-state index in [4.69, 9.17) is 13.9 Å². The third-order valence-corrected chi connectivity index (χ3v) is 7.34. The smallest absolute Gasteiger partial charge is 0.338 e. The molecular weight excluding hydrogens is 546 g/mol. The van der Waals surface area contributed by atoms with Gasteiger partial charge in [0.1, 0.15) is 23.3 Å². The van der Waals surface area contributed by atoms with Gasteiger partial charge in [-0.05, 0) is 52.0 Å². The number of fused-ring (bicyclic) bond motifs is 1. The first-order chi connectivity index (χ1) is 19.7. The van der Waals surface area contributed by atoms with Crippen LogP contribution in [-0.2, 0) is 9.53 Å². The Morgan fingerprint density at radius 2 is 1.90 bits per heavy atom. The average Bonchev–Trinajstić information content (AvgIpc) is 3.52. The summed E-state index contributed by atoms with van der Waals surface area (Å²) in [5, 5.41) is 11.5. The van der Waals surface area contributed by atoms with Gasteiger partial charge in [0.15, 0.2) is 4.80 Å². The SMILES string of the molecule is CCOC(=O)C1=C(C)N=c2s/c(=C\c3ccc(-c4ccccc4[N+](=O)[O-])o3)c(=O)n2[C@@H]1c1ccccc1OC(C)C. The van der Waals surface area contributed by atoms with Gasteiger partial charge in [-0.1, -0.05) is 41.7 Å². The number of carbonyl (C=O) groups excluding carboxylic acids is 1. The first kappa shape index (κ1) is 27.8. The third kappa shape index (κ3) is 5.36. The second-order valence-corrected chi connectivity index (χ2v) is 10.5. The van der Waals surface area contributed by atoms with Crippen LogP contribution in [0.3, 0.4) is 0 Å². The number of carbonyl (C=O) groups is 1. The van der Waals surface area contributed by atoms with E-state index >= 15 is 0 Å². The number of thiazole rings is 1. The molecule has 0 saturated carbocycles. The predicted molar refractivity (Wildman–Crippen MR) is 153 cm³/mol. The molecule has 3 heterocycles. The molecule has 11 heteroatoms. The van der Waals surface area contributed by atoms with Crippen LogP contribution in [0.4, 0.5) is 5.69 Å². The lowest BCUT2D eigenvalue weighted by molar-refractivity contribution is -0.384. The molecule has 10 nitrogen and oxygen atoms in total. The van der Waals surface area contributed by atoms with E-state index in [0.29, 0.717) is 43.4 Å². The number of aromatic nitrogens is 1. The van der Waals surface area contributed by atoms with Crippen molar-refractivity contribution >= 4 is 29.1 Å². The largest absolute Gasteiger partial charge is 0.491 e. The second kappa shape index (κ2) is 11.4. The summed E-state index contributed by atoms with van der Waals surface area (Å²) < 4.78 is 19.1. The number of benzene rings is 2. The molecule has 1 aliphatic heterocycles. The van der Waals surface area contributed by atoms with E-state index in [1.54, 1.807) is 56.3 Å². The normalized spacial score (nSPS) is 15.0. The number of nitrogens with zero attached hydrogens (tertiary/aromatic N) is 3. The van der Waals surface area contributed by atoms with Gasteiger partial charge in [0.05, 0.1) is 39.0 Å². The summed E-state index contributed by atoms with van der Waals surface area (Å²) >= 11 is 1.15. The van der Waals surface area contributed by atoms with Crippen LogP contribution in [0.1, 0.15) is 45.1 Å². The molecule has 0 unspecified atom stereocenters. The van der Waals surface area contributed by atoms with Crippen LogP contribution in [0.5, 0.6) is 5.75 Å². The zero-order chi connectivity index (χ0) is 29.3. The van der Waals surface area contributed by atoms with Gasteiger partial charge in [-0.15, -0.1) is 0 Å². The van der Waals surface area contributed by atoms with Crippen molar-refractivity contribution in [2.45, 2.75) is 39.8 Å². The highest BCUT2D eigenvalue weighted by molar-refractivity contribution is 7.07. The minimum Gasteiger partial charge on any atom is -0.491 e. The lowest BCUT2D eigenvalue weighted by Gasteiger charge is -2.26. The standard InChI is InChI=1S/C30H27N3O7S/c1-5-38-29(35)26-18(4)31-30-32(27(26)21-11-7-9-13-23(21)39-17(2)3)28(34)25(41-30)16-19-14-15-24(40-19)20-10-6-8-12-22(20)33(36)37/h6-17,27H,5H2,1-4H3/b25-16-/t27-/m1/s1. The number of rotatable bonds is 8. The Kier molecular flexibility index (Phi) is 7.71. The molecule has 0 saturated heterocycles. The minimum atomic E-state index is -0.832. The molecule has 2 aromatic heterocycles. The van der Waals surface area contributed by atoms with Crippen LogP contribution >= 0.6 is 11.3 Å². The van der Waals surface area contributed by atoms with Crippen LogP contribution in [0.15, 0.2) is 86.1 Å². The van der Waals surface area contributed by atoms with Gasteiger partial charge in [0.25, 0.3) is 11.2 Å². The number of nitro benzene ring substituents is 1. The number of para-hydroxylation sites is 2. The Labute approximate surface area is 238 Å². The van der Waals surface area contributed by atoms with Gasteiger partial charge in [0, 0.05) is 17.7 Å². The maximum Gasteiger partial charge on any atom is 0.338 e. The fourth-order valence-corrected chi connectivity index (χ4v) is 5.73. The van der Waals surface area contributed by atoms with Gasteiger partial charge >= 0.3 is 5.97 Å². The van der Waals surface area contributed by atoms with Crippen LogP contribution < -0.4 is 19.6 Å². The quantitative estimate of drug-likeness (QED) is 0.169. The fourth-order valence-electron chi connectivity index (χ4n) is 4.70. The van der Waals surface area contributed by atoms with E-state index < -0.39 is 16.9 Å². The number of nitro groups is 1. The molecule has 5 rings (SSSR count). The molecule has 210 valence electrons. The van der Waals surface area contributed by atoms with Gasteiger partial charge in [0.2, 0.25) is 0 Å². The monoisotopic (exact) mass is 573 g/mol. The van der Waals surface area contributed by atoms with Gasteiger partial charge in [-0.3, -0.25) is 19.5 Å². The summed E-state index contributed by atoms with van der Waals surface area (Å²) in [6.07, 6.45) is 1.43. The third-order valence-electron chi connectivity index (χ3n) is 6.36. The van der Waals surface area contributed by atoms with E-state index in [0.717, 1.165) is 11.3 Å². The highest BCUT2D eigenvalue weighted by Gasteiger charge is 2.35. The van der Waals surface area contributed by atoms with Crippen LogP contribution in [-0.4, -0.2) is 28.2 Å². The topological polar surface area (TPSA) is 126 Å². The lowest BCUT2D eigenvalue weighted by atomic mass is 9.95. The summed E-state index contributed by atoms with van der Waals surface area (Å²) in [4.78, 5) is 43.1. The van der Waals surface area contributed by atoms with Crippen molar-refractivity contribution in [3.05, 3.63) is 113 Å². The molecule has 0 N–H and O–H groups in total. The Morgan fingerprint density at radius 3 is 2.63 bits per heavy atom. The predicted octanol–water partition coefficient (Wildman–Crippen LogP) is 4.75. The van der Waals surface area contributed by atoms with E-state index in [1.165, 1.54) is 10.6 Å². The van der Waals surface area contributed by atoms with Crippen molar-refractivity contribution in [3.63, 3.8) is 0 Å². The first-order valence-corrected chi connectivity index (χ1v) is 13.8. The second-order valence-electron chi connectivity index (χ2n) is 9.48. The number of ether oxygens (including phenoxy) is 2. The average molecular weight is 574 g/mol. The van der Waals surface area contributed by atoms with E-state index in [-0.39, 0.29) is 29.5 Å². The summed E-state index contributed by atoms with van der Waals surface area (Å²) in [6.45, 7) is 7.40. The summed E-state index contributed by atoms with van der Waals surface area (Å²) in [6, 6.07) is 16.0. The van der Waals surface area contributed by atoms with E-state index in [1.807, 2.05) is 32.0 Å². The lowest BCUT2D eigenvalue weighted by Crippen LogP contribution is -2.40. The van der Waals surface area contributed by atoms with Crippen molar-refractivity contribution in [1.82, 2.24) is 4.57 Å². The molecule has 2 aromatic carbocycles. The van der Waals surface area contributed by atoms with Gasteiger partial charge in [-0.2, -0.15) is 0 Å². The molecule has 0 amide bonds. The molecule has 0 aliphatic carbocycles. The van der Waals surface area contributed by atoms with Gasteiger partial charge in [-0.25, -0.2) is 9.79 Å². The number of hydrogen-bond acceptors (Lipinski definition) is 9. The molecule has 0 fully saturated rings. The minimum absolute atomic E-state index is 0.0861.